The second-order valence-electron chi connectivity index (χ2n) is 0. The molecule has 39 valence electrons. The predicted molar refractivity (Wildman–Crippen MR) is 17.5 cm³/mol. The fourth-order valence-electron chi connectivity index (χ4n) is 0. The summed E-state index contributed by atoms with van der Waals surface area (Å²) in [5.41, 5.74) is 0. The zero-order valence-electron chi connectivity index (χ0n) is 2.58. The number of halogens is 2. The molecule has 0 spiro atoms. The summed E-state index contributed by atoms with van der Waals surface area (Å²) in [6.07, 6.45) is 0. The summed E-state index contributed by atoms with van der Waals surface area (Å²) in [5, 5.41) is 0. The van der Waals surface area contributed by atoms with Gasteiger partial charge in [0.25, 0.3) is 0 Å². The van der Waals surface area contributed by atoms with E-state index in [1.54, 1.807) is 0 Å². The van der Waals surface area contributed by atoms with E-state index in [9.17, 15) is 0 Å². The van der Waals surface area contributed by atoms with Crippen molar-refractivity contribution < 1.29 is 31.7 Å². The molecule has 1 radical (unpaired) electrons. The summed E-state index contributed by atoms with van der Waals surface area (Å²) < 4.78 is 15.4. The molecule has 0 aromatic heterocycles. The smallest absolute Gasteiger partial charge is 0.769 e. The molecule has 0 fully saturated rings. The minimum absolute atomic E-state index is 0. The molecule has 0 amide bonds. The van der Waals surface area contributed by atoms with E-state index in [2.05, 4.69) is 23.7 Å². The van der Waals surface area contributed by atoms with Gasteiger partial charge in [-0.3, -0.25) is 0 Å². The Morgan fingerprint density at radius 3 is 0.833 bits per heavy atom. The molecule has 0 aliphatic carbocycles. The normalized spacial score (nSPS) is 2.00. The van der Waals surface area contributed by atoms with Crippen LogP contribution < -0.4 is 9.32 Å². The molecule has 0 aliphatic rings. The van der Waals surface area contributed by atoms with Crippen LogP contribution in [-0.2, 0) is 22.4 Å². The third-order valence-electron chi connectivity index (χ3n) is 0. The van der Waals surface area contributed by atoms with Crippen LogP contribution in [0, 0.1) is 0 Å². The van der Waals surface area contributed by atoms with E-state index >= 15 is 0 Å². The van der Waals surface area contributed by atoms with Gasteiger partial charge >= 0.3 is 37.7 Å². The molecule has 0 saturated carbocycles. The quantitative estimate of drug-likeness (QED) is 0.498. The zero-order valence-corrected chi connectivity index (χ0v) is 7.78. The molecular weight excluding hydrogens is 251 g/mol. The van der Waals surface area contributed by atoms with E-state index in [-0.39, 0.29) is 60.1 Å². The van der Waals surface area contributed by atoms with Crippen molar-refractivity contribution in [2.24, 2.45) is 0 Å². The maximum atomic E-state index is 7.72. The fourth-order valence-corrected chi connectivity index (χ4v) is 0. The monoisotopic (exact) mass is 249 g/mol. The second kappa shape index (κ2) is 50.7. The molecule has 0 atom stereocenters. The first-order valence-electron chi connectivity index (χ1n) is 0.309. The van der Waals surface area contributed by atoms with Crippen LogP contribution in [-0.4, -0.2) is 37.7 Å². The minimum atomic E-state index is 0. The van der Waals surface area contributed by atoms with Crippen LogP contribution in [0.3, 0.4) is 0 Å². The van der Waals surface area contributed by atoms with Crippen LogP contribution in [0.25, 0.3) is 0 Å². The average molecular weight is 251 g/mol. The Morgan fingerprint density at radius 2 is 0.833 bits per heavy atom. The Kier molecular flexibility index (Phi) is 200. The van der Waals surface area contributed by atoms with Gasteiger partial charge in [0, 0.05) is 22.4 Å². The van der Waals surface area contributed by atoms with Crippen molar-refractivity contribution in [3.63, 3.8) is 0 Å². The predicted octanol–water partition coefficient (Wildman–Crippen LogP) is -1.38. The number of hydrogen-bond acceptors (Lipinski definition) is 2. The maximum absolute atomic E-state index is 7.72. The van der Waals surface area contributed by atoms with Crippen LogP contribution in [0.1, 0.15) is 0 Å². The van der Waals surface area contributed by atoms with Gasteiger partial charge in [0.2, 0.25) is 0 Å². The van der Waals surface area contributed by atoms with Gasteiger partial charge in [-0.2, -0.15) is 0 Å². The Hall–Kier alpha value is 2.50. The van der Waals surface area contributed by atoms with Crippen molar-refractivity contribution in [2.45, 2.75) is 0 Å². The van der Waals surface area contributed by atoms with Gasteiger partial charge in [0.1, 0.15) is 0 Å². The molecule has 0 aromatic rings. The van der Waals surface area contributed by atoms with Gasteiger partial charge < -0.3 is 9.32 Å². The summed E-state index contributed by atoms with van der Waals surface area (Å²) in [7, 11) is 0. The van der Waals surface area contributed by atoms with E-state index in [0.717, 1.165) is 0 Å². The van der Waals surface area contributed by atoms with E-state index in [1.807, 2.05) is 0 Å². The van der Waals surface area contributed by atoms with Gasteiger partial charge in [-0.25, -0.2) is 23.7 Å². The third-order valence-corrected chi connectivity index (χ3v) is 0. The fraction of sp³-hybridized carbons (Fsp3) is 0. The molecule has 0 bridgehead atoms. The van der Waals surface area contributed by atoms with Crippen molar-refractivity contribution in [3.05, 3.63) is 0 Å². The summed E-state index contributed by atoms with van der Waals surface area (Å²) in [6.45, 7) is 0. The van der Waals surface area contributed by atoms with Crippen LogP contribution >= 0.6 is 23.7 Å². The van der Waals surface area contributed by atoms with Gasteiger partial charge in [0.05, 0.1) is 0 Å². The molecule has 0 heterocycles. The van der Waals surface area contributed by atoms with Gasteiger partial charge in [-0.05, 0) is 0 Å². The van der Waals surface area contributed by atoms with E-state index in [1.165, 1.54) is 0 Å². The summed E-state index contributed by atoms with van der Waals surface area (Å²) in [5.74, 6) is 0. The first kappa shape index (κ1) is 23.6. The van der Waals surface area contributed by atoms with Crippen molar-refractivity contribution in [1.82, 2.24) is 0 Å². The van der Waals surface area contributed by atoms with Gasteiger partial charge in [-0.1, -0.05) is 0 Å². The first-order valence-corrected chi connectivity index (χ1v) is 0.926. The van der Waals surface area contributed by atoms with Crippen molar-refractivity contribution in [1.29, 1.82) is 0 Å². The largest absolute Gasteiger partial charge is 2.00 e. The summed E-state index contributed by atoms with van der Waals surface area (Å²) in [6, 6.07) is 0. The molecule has 2 nitrogen and oxygen atoms in total. The van der Waals surface area contributed by atoms with Crippen molar-refractivity contribution in [2.75, 3.05) is 0 Å². The molecule has 0 aliphatic heterocycles. The zero-order chi connectivity index (χ0) is 4.00. The number of hydrogen-bond donors (Lipinski definition) is 0. The maximum Gasteiger partial charge on any atom is 2.00 e. The topological polar surface area (TPSA) is 46.1 Å². The SMILES string of the molecule is [Ag].[Ca+2].[O-]Cl.[O-]Cl. The summed E-state index contributed by atoms with van der Waals surface area (Å²) >= 11 is 6.78. The van der Waals surface area contributed by atoms with Crippen molar-refractivity contribution in [3.8, 4) is 0 Å². The van der Waals surface area contributed by atoms with E-state index < -0.39 is 0 Å². The van der Waals surface area contributed by atoms with E-state index in [0.29, 0.717) is 0 Å². The van der Waals surface area contributed by atoms with Gasteiger partial charge in [-0.15, -0.1) is 0 Å². The van der Waals surface area contributed by atoms with Crippen LogP contribution in [0.15, 0.2) is 0 Å². The van der Waals surface area contributed by atoms with Crippen LogP contribution in [0.4, 0.5) is 0 Å². The molecule has 0 saturated heterocycles. The number of rotatable bonds is 0. The van der Waals surface area contributed by atoms with Crippen LogP contribution in [0.2, 0.25) is 0 Å². The standard InChI is InChI=1S/Ag.Ca.2ClO/c;;2*1-2/q;+2;2*-1. The molecular formula is AgCaCl2O2. The van der Waals surface area contributed by atoms with Crippen LogP contribution in [0.5, 0.6) is 0 Å². The Bertz CT molecular complexity index is 11.5. The Morgan fingerprint density at radius 1 is 0.833 bits per heavy atom. The molecule has 0 aromatic carbocycles. The molecule has 0 rings (SSSR count). The average Bonchev–Trinajstić information content (AvgIpc) is 1.50. The minimum Gasteiger partial charge on any atom is -0.769 e. The molecule has 0 unspecified atom stereocenters. The third kappa shape index (κ3) is 31.5. The summed E-state index contributed by atoms with van der Waals surface area (Å²) in [4.78, 5) is 0. The molecule has 6 heteroatoms. The van der Waals surface area contributed by atoms with Gasteiger partial charge in [0.15, 0.2) is 0 Å². The molecule has 0 N–H and O–H groups in total. The molecule has 6 heavy (non-hydrogen) atoms. The Labute approximate surface area is 91.7 Å². The van der Waals surface area contributed by atoms with E-state index in [4.69, 9.17) is 9.32 Å². The van der Waals surface area contributed by atoms with Crippen molar-refractivity contribution >= 4 is 61.5 Å². The first-order chi connectivity index (χ1) is 2.00. The Balaban J connectivity index is -0.00000000500. The second-order valence-corrected chi connectivity index (χ2v) is 0.